The second kappa shape index (κ2) is 7.66. The molecule has 0 aromatic rings. The van der Waals surface area contributed by atoms with Gasteiger partial charge in [-0.25, -0.2) is 0 Å². The van der Waals surface area contributed by atoms with Gasteiger partial charge in [0.1, 0.15) is 0 Å². The zero-order chi connectivity index (χ0) is 11.8. The van der Waals surface area contributed by atoms with Crippen molar-refractivity contribution in [3.05, 3.63) is 0 Å². The fourth-order valence-corrected chi connectivity index (χ4v) is 2.39. The van der Waals surface area contributed by atoms with E-state index >= 15 is 0 Å². The summed E-state index contributed by atoms with van der Waals surface area (Å²) in [6.07, 6.45) is 8.28. The molecule has 1 rings (SSSR count). The zero-order valence-electron chi connectivity index (χ0n) is 10.4. The quantitative estimate of drug-likeness (QED) is 0.731. The normalized spacial score (nSPS) is 19.4. The van der Waals surface area contributed by atoms with Crippen molar-refractivity contribution in [1.29, 1.82) is 0 Å². The summed E-state index contributed by atoms with van der Waals surface area (Å²) >= 11 is 0. The highest BCUT2D eigenvalue weighted by atomic mass is 16.3. The maximum absolute atomic E-state index is 11.6. The largest absolute Gasteiger partial charge is 0.391 e. The Morgan fingerprint density at radius 3 is 2.69 bits per heavy atom. The lowest BCUT2D eigenvalue weighted by atomic mass is 9.87. The molecule has 0 bridgehead atoms. The van der Waals surface area contributed by atoms with E-state index in [4.69, 9.17) is 0 Å². The molecule has 1 amide bonds. The zero-order valence-corrected chi connectivity index (χ0v) is 10.4. The molecule has 94 valence electrons. The Morgan fingerprint density at radius 2 is 2.06 bits per heavy atom. The van der Waals surface area contributed by atoms with Crippen LogP contribution in [-0.4, -0.2) is 23.7 Å². The number of aliphatic hydroxyl groups excluding tert-OH is 1. The molecule has 3 nitrogen and oxygen atoms in total. The molecule has 1 saturated carbocycles. The van der Waals surface area contributed by atoms with Gasteiger partial charge in [-0.05, 0) is 25.2 Å². The molecule has 1 aliphatic rings. The van der Waals surface area contributed by atoms with Crippen molar-refractivity contribution in [3.63, 3.8) is 0 Å². The van der Waals surface area contributed by atoms with Gasteiger partial charge in [0.05, 0.1) is 6.10 Å². The van der Waals surface area contributed by atoms with Gasteiger partial charge in [0.25, 0.3) is 0 Å². The minimum Gasteiger partial charge on any atom is -0.391 e. The molecule has 1 atom stereocenters. The topological polar surface area (TPSA) is 49.3 Å². The maximum atomic E-state index is 11.6. The molecule has 0 spiro atoms. The standard InChI is InChI=1S/C13H25NO2/c1-2-6-12(15)10-14-13(16)9-11-7-4-3-5-8-11/h11-12,15H,2-10H2,1H3,(H,14,16). The van der Waals surface area contributed by atoms with Crippen LogP contribution in [0.15, 0.2) is 0 Å². The van der Waals surface area contributed by atoms with E-state index in [0.29, 0.717) is 18.9 Å². The Hall–Kier alpha value is -0.570. The van der Waals surface area contributed by atoms with E-state index < -0.39 is 0 Å². The van der Waals surface area contributed by atoms with Gasteiger partial charge >= 0.3 is 0 Å². The van der Waals surface area contributed by atoms with E-state index in [2.05, 4.69) is 5.32 Å². The van der Waals surface area contributed by atoms with Crippen LogP contribution >= 0.6 is 0 Å². The van der Waals surface area contributed by atoms with E-state index in [9.17, 15) is 9.90 Å². The second-order valence-electron chi connectivity index (χ2n) is 4.95. The molecule has 1 fully saturated rings. The number of aliphatic hydroxyl groups is 1. The molecule has 0 aliphatic heterocycles. The third kappa shape index (κ3) is 5.50. The van der Waals surface area contributed by atoms with Crippen LogP contribution in [0.3, 0.4) is 0 Å². The molecule has 0 aromatic carbocycles. The molecule has 3 heteroatoms. The molecule has 1 unspecified atom stereocenters. The minimum absolute atomic E-state index is 0.113. The van der Waals surface area contributed by atoms with Crippen LogP contribution in [0.2, 0.25) is 0 Å². The van der Waals surface area contributed by atoms with E-state index in [1.807, 2.05) is 6.92 Å². The van der Waals surface area contributed by atoms with Gasteiger partial charge < -0.3 is 10.4 Å². The van der Waals surface area contributed by atoms with E-state index in [-0.39, 0.29) is 12.0 Å². The number of amides is 1. The maximum Gasteiger partial charge on any atom is 0.220 e. The van der Waals surface area contributed by atoms with Gasteiger partial charge in [-0.3, -0.25) is 4.79 Å². The summed E-state index contributed by atoms with van der Waals surface area (Å²) < 4.78 is 0. The third-order valence-corrected chi connectivity index (χ3v) is 3.36. The molecular formula is C13H25NO2. The lowest BCUT2D eigenvalue weighted by Crippen LogP contribution is -2.33. The van der Waals surface area contributed by atoms with Gasteiger partial charge in [-0.15, -0.1) is 0 Å². The number of hydrogen-bond donors (Lipinski definition) is 2. The summed E-state index contributed by atoms with van der Waals surface area (Å²) in [7, 11) is 0. The Labute approximate surface area is 98.6 Å². The molecule has 0 aromatic heterocycles. The Bertz CT molecular complexity index is 200. The van der Waals surface area contributed by atoms with Crippen molar-refractivity contribution in [2.75, 3.05) is 6.54 Å². The average Bonchev–Trinajstić information content (AvgIpc) is 2.28. The first-order chi connectivity index (χ1) is 7.72. The molecule has 1 aliphatic carbocycles. The Balaban J connectivity index is 2.10. The summed E-state index contributed by atoms with van der Waals surface area (Å²) in [6, 6.07) is 0. The van der Waals surface area contributed by atoms with Crippen LogP contribution in [0.1, 0.15) is 58.3 Å². The van der Waals surface area contributed by atoms with Crippen LogP contribution in [0, 0.1) is 5.92 Å². The highest BCUT2D eigenvalue weighted by Gasteiger charge is 2.17. The summed E-state index contributed by atoms with van der Waals surface area (Å²) in [5.74, 6) is 0.694. The van der Waals surface area contributed by atoms with Gasteiger partial charge in [0, 0.05) is 13.0 Å². The molecule has 0 radical (unpaired) electrons. The number of carbonyl (C=O) groups is 1. The fourth-order valence-electron chi connectivity index (χ4n) is 2.39. The summed E-state index contributed by atoms with van der Waals surface area (Å²) in [5, 5.41) is 12.3. The molecule has 2 N–H and O–H groups in total. The van der Waals surface area contributed by atoms with Crippen molar-refractivity contribution in [2.45, 2.75) is 64.4 Å². The monoisotopic (exact) mass is 227 g/mol. The van der Waals surface area contributed by atoms with Crippen LogP contribution in [-0.2, 0) is 4.79 Å². The first-order valence-corrected chi connectivity index (χ1v) is 6.67. The molecule has 16 heavy (non-hydrogen) atoms. The molecule has 0 saturated heterocycles. The molecule has 0 heterocycles. The van der Waals surface area contributed by atoms with E-state index in [0.717, 1.165) is 12.8 Å². The lowest BCUT2D eigenvalue weighted by molar-refractivity contribution is -0.122. The predicted octanol–water partition coefficient (Wildman–Crippen LogP) is 2.23. The van der Waals surface area contributed by atoms with Crippen molar-refractivity contribution < 1.29 is 9.90 Å². The van der Waals surface area contributed by atoms with Crippen LogP contribution in [0.25, 0.3) is 0 Å². The number of hydrogen-bond acceptors (Lipinski definition) is 2. The Morgan fingerprint density at radius 1 is 1.38 bits per heavy atom. The first-order valence-electron chi connectivity index (χ1n) is 6.67. The van der Waals surface area contributed by atoms with Crippen LogP contribution < -0.4 is 5.32 Å². The van der Waals surface area contributed by atoms with Crippen molar-refractivity contribution >= 4 is 5.91 Å². The summed E-state index contributed by atoms with van der Waals surface area (Å²) in [6.45, 7) is 2.45. The third-order valence-electron chi connectivity index (χ3n) is 3.36. The van der Waals surface area contributed by atoms with Crippen LogP contribution in [0.4, 0.5) is 0 Å². The Kier molecular flexibility index (Phi) is 6.46. The fraction of sp³-hybridized carbons (Fsp3) is 0.923. The predicted molar refractivity (Wildman–Crippen MR) is 65.1 cm³/mol. The number of rotatable bonds is 6. The van der Waals surface area contributed by atoms with E-state index in [1.54, 1.807) is 0 Å². The van der Waals surface area contributed by atoms with Crippen LogP contribution in [0.5, 0.6) is 0 Å². The van der Waals surface area contributed by atoms with Crippen molar-refractivity contribution in [2.24, 2.45) is 5.92 Å². The van der Waals surface area contributed by atoms with Gasteiger partial charge in [-0.1, -0.05) is 32.6 Å². The summed E-state index contributed by atoms with van der Waals surface area (Å²) in [4.78, 5) is 11.6. The first kappa shape index (κ1) is 13.5. The highest BCUT2D eigenvalue weighted by molar-refractivity contribution is 5.76. The van der Waals surface area contributed by atoms with Gasteiger partial charge in [-0.2, -0.15) is 0 Å². The minimum atomic E-state index is -0.375. The van der Waals surface area contributed by atoms with E-state index in [1.165, 1.54) is 32.1 Å². The number of nitrogens with one attached hydrogen (secondary N) is 1. The molecular weight excluding hydrogens is 202 g/mol. The highest BCUT2D eigenvalue weighted by Crippen LogP contribution is 2.25. The average molecular weight is 227 g/mol. The summed E-state index contributed by atoms with van der Waals surface area (Å²) in [5.41, 5.74) is 0. The van der Waals surface area contributed by atoms with Gasteiger partial charge in [0.15, 0.2) is 0 Å². The van der Waals surface area contributed by atoms with Crippen molar-refractivity contribution in [1.82, 2.24) is 5.32 Å². The SMILES string of the molecule is CCCC(O)CNC(=O)CC1CCCCC1. The second-order valence-corrected chi connectivity index (χ2v) is 4.95. The van der Waals surface area contributed by atoms with Gasteiger partial charge in [0.2, 0.25) is 5.91 Å². The lowest BCUT2D eigenvalue weighted by Gasteiger charge is -2.21. The smallest absolute Gasteiger partial charge is 0.220 e. The van der Waals surface area contributed by atoms with Crippen molar-refractivity contribution in [3.8, 4) is 0 Å². The number of carbonyl (C=O) groups excluding carboxylic acids is 1.